The summed E-state index contributed by atoms with van der Waals surface area (Å²) in [5.74, 6) is -2.45. The summed E-state index contributed by atoms with van der Waals surface area (Å²) in [6.07, 6.45) is 0. The zero-order valence-corrected chi connectivity index (χ0v) is 26.7. The molecule has 0 heterocycles. The van der Waals surface area contributed by atoms with Crippen LogP contribution in [-0.4, -0.2) is 26.4 Å². The van der Waals surface area contributed by atoms with Crippen LogP contribution in [0.3, 0.4) is 0 Å². The van der Waals surface area contributed by atoms with Crippen LogP contribution in [0.1, 0.15) is 50.5 Å². The molecule has 0 aliphatic carbocycles. The molecule has 0 N–H and O–H groups in total. The van der Waals surface area contributed by atoms with Gasteiger partial charge in [0.25, 0.3) is 0 Å². The Morgan fingerprint density at radius 2 is 0.850 bits per heavy atom. The lowest BCUT2D eigenvalue weighted by Gasteiger charge is -2.35. The molecule has 0 unspecified atom stereocenters. The van der Waals surface area contributed by atoms with E-state index in [1.165, 1.54) is 0 Å². The Balaban J connectivity index is 2.22. The molecule has 3 aromatic rings. The highest BCUT2D eigenvalue weighted by molar-refractivity contribution is 8.13. The fourth-order valence-corrected chi connectivity index (χ4v) is 11.7. The fraction of sp³-hybridized carbons (Fsp3) is 0.357. The Bertz CT molecular complexity index is 1210. The molecular weight excluding hydrogens is 589 g/mol. The summed E-state index contributed by atoms with van der Waals surface area (Å²) in [4.78, 5) is 0. The van der Waals surface area contributed by atoms with Crippen LogP contribution in [-0.2, 0) is 48.1 Å². The molecule has 2 atom stereocenters. The normalized spacial score (nSPS) is 14.1. The standard InChI is InChI=1S/C28H37O8P3S/c1-5-31-37(29,32-6-2)27(24-18-12-9-13-19-24)35-39(40,26-22-16-11-17-23-26)36-28(25-20-14-10-15-21-25)38(30,33-7-3)34-8-4/h9-23,27-28H,5-8H2,1-4H3/t27-,28-/m1/s1. The van der Waals surface area contributed by atoms with E-state index < -0.39 is 33.4 Å². The van der Waals surface area contributed by atoms with Gasteiger partial charge in [-0.2, -0.15) is 0 Å². The second kappa shape index (κ2) is 15.7. The highest BCUT2D eigenvalue weighted by Crippen LogP contribution is 2.71. The van der Waals surface area contributed by atoms with E-state index in [9.17, 15) is 9.13 Å². The van der Waals surface area contributed by atoms with Crippen molar-refractivity contribution in [3.05, 3.63) is 102 Å². The van der Waals surface area contributed by atoms with Gasteiger partial charge in [-0.05, 0) is 62.8 Å². The third-order valence-electron chi connectivity index (χ3n) is 5.53. The highest BCUT2D eigenvalue weighted by atomic mass is 32.5. The molecule has 0 bridgehead atoms. The third-order valence-corrected chi connectivity index (χ3v) is 13.3. The molecule has 0 radical (unpaired) electrons. The highest BCUT2D eigenvalue weighted by Gasteiger charge is 2.47. The minimum atomic E-state index is -3.92. The smallest absolute Gasteiger partial charge is 0.307 e. The molecule has 0 fully saturated rings. The Morgan fingerprint density at radius 3 is 1.15 bits per heavy atom. The van der Waals surface area contributed by atoms with Crippen molar-refractivity contribution in [3.8, 4) is 0 Å². The van der Waals surface area contributed by atoms with Crippen molar-refractivity contribution in [1.29, 1.82) is 0 Å². The van der Waals surface area contributed by atoms with E-state index in [0.717, 1.165) is 0 Å². The second-order valence-corrected chi connectivity index (χ2v) is 15.8. The first-order chi connectivity index (χ1) is 19.2. The summed E-state index contributed by atoms with van der Waals surface area (Å²) in [7, 11) is -7.84. The maximum atomic E-state index is 14.2. The lowest BCUT2D eigenvalue weighted by molar-refractivity contribution is 0.135. The van der Waals surface area contributed by atoms with E-state index in [2.05, 4.69) is 0 Å². The zero-order valence-electron chi connectivity index (χ0n) is 23.2. The minimum absolute atomic E-state index is 0.121. The first-order valence-electron chi connectivity index (χ1n) is 13.1. The first-order valence-corrected chi connectivity index (χ1v) is 19.0. The van der Waals surface area contributed by atoms with Crippen LogP contribution in [0.5, 0.6) is 0 Å². The van der Waals surface area contributed by atoms with Crippen molar-refractivity contribution in [1.82, 2.24) is 0 Å². The van der Waals surface area contributed by atoms with Crippen molar-refractivity contribution < 1.29 is 36.3 Å². The first kappa shape index (κ1) is 33.0. The molecule has 218 valence electrons. The molecule has 0 aliphatic heterocycles. The summed E-state index contributed by atoms with van der Waals surface area (Å²) in [5.41, 5.74) is 1.08. The Morgan fingerprint density at radius 1 is 0.550 bits per heavy atom. The van der Waals surface area contributed by atoms with Gasteiger partial charge in [-0.1, -0.05) is 78.9 Å². The minimum Gasteiger partial charge on any atom is -0.307 e. The van der Waals surface area contributed by atoms with Crippen LogP contribution < -0.4 is 5.30 Å². The summed E-state index contributed by atoms with van der Waals surface area (Å²) in [6, 6.07) is 26.9. The van der Waals surface area contributed by atoms with Crippen LogP contribution in [0, 0.1) is 0 Å². The maximum absolute atomic E-state index is 14.2. The predicted molar refractivity (Wildman–Crippen MR) is 163 cm³/mol. The molecule has 40 heavy (non-hydrogen) atoms. The van der Waals surface area contributed by atoms with Crippen LogP contribution in [0.25, 0.3) is 0 Å². The van der Waals surface area contributed by atoms with Gasteiger partial charge in [0.05, 0.1) is 26.4 Å². The molecule has 0 amide bonds. The molecule has 0 aromatic heterocycles. The number of hydrogen-bond acceptors (Lipinski definition) is 9. The fourth-order valence-electron chi connectivity index (χ4n) is 3.92. The van der Waals surface area contributed by atoms with Gasteiger partial charge in [-0.15, -0.1) is 0 Å². The summed E-state index contributed by atoms with van der Waals surface area (Å²) < 4.78 is 64.6. The largest absolute Gasteiger partial charge is 0.364 e. The van der Waals surface area contributed by atoms with Gasteiger partial charge in [0.2, 0.25) is 6.49 Å². The van der Waals surface area contributed by atoms with Crippen molar-refractivity contribution in [3.63, 3.8) is 0 Å². The number of benzene rings is 3. The van der Waals surface area contributed by atoms with Gasteiger partial charge in [0.15, 0.2) is 11.7 Å². The summed E-state index contributed by atoms with van der Waals surface area (Å²) in [6.45, 7) is 3.75. The molecule has 0 saturated heterocycles. The number of rotatable bonds is 17. The average molecular weight is 627 g/mol. The van der Waals surface area contributed by atoms with E-state index >= 15 is 0 Å². The van der Waals surface area contributed by atoms with E-state index in [4.69, 9.17) is 38.9 Å². The topological polar surface area (TPSA) is 89.5 Å². The van der Waals surface area contributed by atoms with Crippen LogP contribution >= 0.6 is 21.7 Å². The van der Waals surface area contributed by atoms with Crippen molar-refractivity contribution in [2.24, 2.45) is 0 Å². The quantitative estimate of drug-likeness (QED) is 0.137. The van der Waals surface area contributed by atoms with E-state index in [1.807, 2.05) is 18.2 Å². The van der Waals surface area contributed by atoms with E-state index in [1.54, 1.807) is 100 Å². The van der Waals surface area contributed by atoms with Gasteiger partial charge in [-0.25, -0.2) is 0 Å². The Hall–Kier alpha value is -1.47. The molecule has 3 aromatic carbocycles. The maximum Gasteiger partial charge on any atom is 0.364 e. The molecule has 0 saturated carbocycles. The lowest BCUT2D eigenvalue weighted by Crippen LogP contribution is -2.18. The number of hydrogen-bond donors (Lipinski definition) is 0. The van der Waals surface area contributed by atoms with E-state index in [-0.39, 0.29) is 26.4 Å². The second-order valence-electron chi connectivity index (χ2n) is 8.32. The summed E-state index contributed by atoms with van der Waals surface area (Å²) in [5, 5.41) is 0.519. The summed E-state index contributed by atoms with van der Waals surface area (Å²) >= 11 is 6.20. The Labute approximate surface area is 242 Å². The molecule has 0 spiro atoms. The predicted octanol–water partition coefficient (Wildman–Crippen LogP) is 8.58. The molecule has 8 nitrogen and oxygen atoms in total. The molecular formula is C28H37O8P3S. The van der Waals surface area contributed by atoms with Gasteiger partial charge in [0, 0.05) is 5.30 Å². The SMILES string of the molecule is CCOP(=O)(OCC)[C@@H](OP(=S)(O[C@@H](c1ccccc1)P(=O)(OCC)OCC)c1ccccc1)c1ccccc1. The van der Waals surface area contributed by atoms with Crippen molar-refractivity contribution in [2.45, 2.75) is 39.4 Å². The zero-order chi connectivity index (χ0) is 29.1. The van der Waals surface area contributed by atoms with Crippen LogP contribution in [0.15, 0.2) is 91.0 Å². The molecule has 0 aliphatic rings. The van der Waals surface area contributed by atoms with Crippen LogP contribution in [0.4, 0.5) is 0 Å². The van der Waals surface area contributed by atoms with Gasteiger partial charge in [0.1, 0.15) is 0 Å². The van der Waals surface area contributed by atoms with Gasteiger partial charge in [-0.3, -0.25) is 9.13 Å². The Kier molecular flexibility index (Phi) is 12.9. The van der Waals surface area contributed by atoms with Crippen molar-refractivity contribution in [2.75, 3.05) is 26.4 Å². The van der Waals surface area contributed by atoms with Crippen LogP contribution in [0.2, 0.25) is 0 Å². The van der Waals surface area contributed by atoms with Gasteiger partial charge < -0.3 is 27.1 Å². The third kappa shape index (κ3) is 8.30. The van der Waals surface area contributed by atoms with Crippen molar-refractivity contribution >= 4 is 38.8 Å². The van der Waals surface area contributed by atoms with Gasteiger partial charge >= 0.3 is 15.2 Å². The monoisotopic (exact) mass is 626 g/mol. The average Bonchev–Trinajstić information content (AvgIpc) is 2.96. The molecule has 12 heteroatoms. The molecule has 3 rings (SSSR count). The lowest BCUT2D eigenvalue weighted by atomic mass is 10.2. The van der Waals surface area contributed by atoms with E-state index in [0.29, 0.717) is 16.4 Å².